The lowest BCUT2D eigenvalue weighted by Gasteiger charge is -2.35. The third kappa shape index (κ3) is 3.84. The van der Waals surface area contributed by atoms with Crippen LogP contribution < -0.4 is 10.6 Å². The maximum absolute atomic E-state index is 12.2. The molecule has 20 heavy (non-hydrogen) atoms. The highest BCUT2D eigenvalue weighted by Crippen LogP contribution is 2.24. The van der Waals surface area contributed by atoms with Gasteiger partial charge in [0.2, 0.25) is 0 Å². The van der Waals surface area contributed by atoms with Crippen molar-refractivity contribution in [1.82, 2.24) is 10.3 Å². The van der Waals surface area contributed by atoms with Crippen LogP contribution in [0.25, 0.3) is 0 Å². The average Bonchev–Trinajstić information content (AvgIpc) is 2.36. The summed E-state index contributed by atoms with van der Waals surface area (Å²) in [4.78, 5) is 16.3. The zero-order valence-electron chi connectivity index (χ0n) is 11.8. The van der Waals surface area contributed by atoms with Crippen LogP contribution >= 0.6 is 11.6 Å². The molecule has 0 radical (unpaired) electrons. The molecule has 1 aromatic rings. The summed E-state index contributed by atoms with van der Waals surface area (Å²) in [6, 6.07) is 3.48. The van der Waals surface area contributed by atoms with Gasteiger partial charge in [-0.1, -0.05) is 11.6 Å². The van der Waals surface area contributed by atoms with Gasteiger partial charge in [-0.25, -0.2) is 4.98 Å². The first-order valence-corrected chi connectivity index (χ1v) is 7.34. The summed E-state index contributed by atoms with van der Waals surface area (Å²) < 4.78 is 5.47. The molecule has 5 nitrogen and oxygen atoms in total. The van der Waals surface area contributed by atoms with Crippen LogP contribution in [-0.2, 0) is 4.74 Å². The Kier molecular flexibility index (Phi) is 5.20. The highest BCUT2D eigenvalue weighted by Gasteiger charge is 2.30. The number of aromatic nitrogens is 1. The molecule has 1 fully saturated rings. The van der Waals surface area contributed by atoms with Crippen LogP contribution in [-0.4, -0.2) is 36.2 Å². The van der Waals surface area contributed by atoms with Crippen molar-refractivity contribution in [3.05, 3.63) is 22.8 Å². The fraction of sp³-hybridized carbons (Fsp3) is 0.571. The van der Waals surface area contributed by atoms with E-state index in [0.717, 1.165) is 26.0 Å². The molecule has 0 atom stereocenters. The number of hydrogen-bond donors (Lipinski definition) is 2. The number of nitrogens with one attached hydrogen (secondary N) is 2. The Morgan fingerprint density at radius 2 is 2.20 bits per heavy atom. The first-order chi connectivity index (χ1) is 9.62. The Morgan fingerprint density at radius 1 is 1.45 bits per heavy atom. The third-order valence-electron chi connectivity index (χ3n) is 3.25. The molecule has 2 rings (SSSR count). The van der Waals surface area contributed by atoms with Crippen molar-refractivity contribution in [2.75, 3.05) is 18.5 Å². The summed E-state index contributed by atoms with van der Waals surface area (Å²) in [5.41, 5.74) is 0.529. The Labute approximate surface area is 124 Å². The van der Waals surface area contributed by atoms with E-state index >= 15 is 0 Å². The van der Waals surface area contributed by atoms with Crippen LogP contribution in [0.5, 0.6) is 0 Å². The number of carbonyl (C=O) groups excluding carboxylic acids is 1. The van der Waals surface area contributed by atoms with E-state index in [1.165, 1.54) is 0 Å². The normalized spacial score (nSPS) is 21.1. The van der Waals surface area contributed by atoms with Crippen molar-refractivity contribution in [2.45, 2.75) is 38.8 Å². The van der Waals surface area contributed by atoms with Crippen molar-refractivity contribution in [3.8, 4) is 0 Å². The second-order valence-electron chi connectivity index (χ2n) is 4.81. The van der Waals surface area contributed by atoms with Gasteiger partial charge in [-0.3, -0.25) is 4.79 Å². The minimum absolute atomic E-state index is 0.117. The Balaban J connectivity index is 1.92. The molecule has 1 aliphatic rings. The van der Waals surface area contributed by atoms with Gasteiger partial charge in [-0.2, -0.15) is 0 Å². The minimum atomic E-state index is -0.117. The number of amides is 1. The molecule has 0 aromatic carbocycles. The van der Waals surface area contributed by atoms with E-state index in [-0.39, 0.29) is 18.1 Å². The summed E-state index contributed by atoms with van der Waals surface area (Å²) in [5, 5.41) is 6.35. The lowest BCUT2D eigenvalue weighted by molar-refractivity contribution is -0.00862. The van der Waals surface area contributed by atoms with Gasteiger partial charge in [0.1, 0.15) is 11.0 Å². The van der Waals surface area contributed by atoms with Gasteiger partial charge < -0.3 is 15.4 Å². The van der Waals surface area contributed by atoms with E-state index < -0.39 is 0 Å². The monoisotopic (exact) mass is 297 g/mol. The van der Waals surface area contributed by atoms with Gasteiger partial charge >= 0.3 is 0 Å². The van der Waals surface area contributed by atoms with Crippen molar-refractivity contribution in [1.29, 1.82) is 0 Å². The molecule has 0 unspecified atom stereocenters. The SMILES string of the molecule is CCNc1cc(C(=O)NC2CC(OCC)C2)cc(Cl)n1. The van der Waals surface area contributed by atoms with Gasteiger partial charge in [0.05, 0.1) is 6.10 Å². The van der Waals surface area contributed by atoms with Crippen molar-refractivity contribution in [2.24, 2.45) is 0 Å². The second kappa shape index (κ2) is 6.90. The van der Waals surface area contributed by atoms with E-state index in [1.54, 1.807) is 12.1 Å². The van der Waals surface area contributed by atoms with Gasteiger partial charge in [-0.05, 0) is 38.8 Å². The van der Waals surface area contributed by atoms with Gasteiger partial charge in [-0.15, -0.1) is 0 Å². The van der Waals surface area contributed by atoms with E-state index in [2.05, 4.69) is 15.6 Å². The number of rotatable bonds is 6. The van der Waals surface area contributed by atoms with Crippen molar-refractivity contribution in [3.63, 3.8) is 0 Å². The smallest absolute Gasteiger partial charge is 0.251 e. The quantitative estimate of drug-likeness (QED) is 0.792. The van der Waals surface area contributed by atoms with Crippen LogP contribution in [0.4, 0.5) is 5.82 Å². The maximum atomic E-state index is 12.2. The van der Waals surface area contributed by atoms with E-state index in [0.29, 0.717) is 16.5 Å². The molecule has 1 amide bonds. The fourth-order valence-electron chi connectivity index (χ4n) is 2.22. The molecular formula is C14H20ClN3O2. The molecule has 1 saturated carbocycles. The first kappa shape index (κ1) is 15.1. The minimum Gasteiger partial charge on any atom is -0.378 e. The summed E-state index contributed by atoms with van der Waals surface area (Å²) in [5.74, 6) is 0.499. The number of ether oxygens (including phenoxy) is 1. The largest absolute Gasteiger partial charge is 0.378 e. The Hall–Kier alpha value is -1.33. The predicted octanol–water partition coefficient (Wildman–Crippen LogP) is 2.46. The van der Waals surface area contributed by atoms with Gasteiger partial charge in [0.25, 0.3) is 5.91 Å². The summed E-state index contributed by atoms with van der Waals surface area (Å²) in [6.45, 7) is 5.39. The lowest BCUT2D eigenvalue weighted by atomic mass is 9.89. The number of pyridine rings is 1. The highest BCUT2D eigenvalue weighted by molar-refractivity contribution is 6.29. The maximum Gasteiger partial charge on any atom is 0.251 e. The lowest BCUT2D eigenvalue weighted by Crippen LogP contribution is -2.47. The van der Waals surface area contributed by atoms with Crippen LogP contribution in [0, 0.1) is 0 Å². The van der Waals surface area contributed by atoms with Crippen LogP contribution in [0.1, 0.15) is 37.0 Å². The first-order valence-electron chi connectivity index (χ1n) is 6.96. The number of halogens is 1. The summed E-state index contributed by atoms with van der Waals surface area (Å²) in [6.07, 6.45) is 2.03. The van der Waals surface area contributed by atoms with Gasteiger partial charge in [0, 0.05) is 24.8 Å². The number of nitrogens with zero attached hydrogens (tertiary/aromatic N) is 1. The molecule has 6 heteroatoms. The molecule has 0 aliphatic heterocycles. The van der Waals surface area contributed by atoms with Crippen molar-refractivity contribution < 1.29 is 9.53 Å². The fourth-order valence-corrected chi connectivity index (χ4v) is 2.43. The molecule has 0 saturated heterocycles. The molecule has 1 heterocycles. The highest BCUT2D eigenvalue weighted by atomic mass is 35.5. The average molecular weight is 298 g/mol. The zero-order valence-corrected chi connectivity index (χ0v) is 12.5. The van der Waals surface area contributed by atoms with E-state index in [4.69, 9.17) is 16.3 Å². The molecule has 1 aromatic heterocycles. The van der Waals surface area contributed by atoms with E-state index in [9.17, 15) is 4.79 Å². The number of carbonyl (C=O) groups is 1. The summed E-state index contributed by atoms with van der Waals surface area (Å²) in [7, 11) is 0. The second-order valence-corrected chi connectivity index (χ2v) is 5.20. The topological polar surface area (TPSA) is 63.2 Å². The van der Waals surface area contributed by atoms with Crippen molar-refractivity contribution >= 4 is 23.3 Å². The van der Waals surface area contributed by atoms with E-state index in [1.807, 2.05) is 13.8 Å². The van der Waals surface area contributed by atoms with Crippen LogP contribution in [0.15, 0.2) is 12.1 Å². The standard InChI is InChI=1S/C14H20ClN3O2/c1-3-16-13-6-9(5-12(15)18-13)14(19)17-10-7-11(8-10)20-4-2/h5-6,10-11H,3-4,7-8H2,1-2H3,(H,16,18)(H,17,19). The number of hydrogen-bond acceptors (Lipinski definition) is 4. The molecule has 2 N–H and O–H groups in total. The molecular weight excluding hydrogens is 278 g/mol. The van der Waals surface area contributed by atoms with Gasteiger partial charge in [0.15, 0.2) is 0 Å². The van der Waals surface area contributed by atoms with Crippen LogP contribution in [0.3, 0.4) is 0 Å². The molecule has 0 bridgehead atoms. The predicted molar refractivity (Wildman–Crippen MR) is 79.3 cm³/mol. The van der Waals surface area contributed by atoms with Crippen LogP contribution in [0.2, 0.25) is 5.15 Å². The number of anilines is 1. The third-order valence-corrected chi connectivity index (χ3v) is 3.44. The zero-order chi connectivity index (χ0) is 14.5. The Morgan fingerprint density at radius 3 is 2.85 bits per heavy atom. The Bertz CT molecular complexity index is 475. The summed E-state index contributed by atoms with van der Waals surface area (Å²) >= 11 is 5.93. The molecule has 110 valence electrons. The molecule has 0 spiro atoms. The molecule has 1 aliphatic carbocycles.